The van der Waals surface area contributed by atoms with Gasteiger partial charge in [0.1, 0.15) is 28.4 Å². The van der Waals surface area contributed by atoms with E-state index in [1.165, 1.54) is 5.57 Å². The number of benzene rings is 1. The standard InChI is InChI=1S/C38H48O6/c1-22(2)11-9-12-24(5)16-18-26-32(40)27(17-15-23(3)4)35-31(33(26)41)34(42)28-13-10-14-30-36(7,8)44-37(38(28,30)43-35)20-19-25(6)29(39)21-37/h10-11,13,15-16,19,28,30,40-41H,9,12,14,17-18,20-21H2,1-8H3/b24-16+. The van der Waals surface area contributed by atoms with Gasteiger partial charge in [-0.3, -0.25) is 9.59 Å². The van der Waals surface area contributed by atoms with Crippen LogP contribution in [0.2, 0.25) is 0 Å². The Balaban J connectivity index is 1.70. The monoisotopic (exact) mass is 600 g/mol. The topological polar surface area (TPSA) is 93.1 Å². The van der Waals surface area contributed by atoms with Gasteiger partial charge in [-0.2, -0.15) is 0 Å². The molecule has 1 aromatic carbocycles. The molecule has 1 fully saturated rings. The van der Waals surface area contributed by atoms with Crippen LogP contribution >= 0.6 is 0 Å². The minimum absolute atomic E-state index is 0.0187. The summed E-state index contributed by atoms with van der Waals surface area (Å²) < 4.78 is 14.0. The van der Waals surface area contributed by atoms with Crippen molar-refractivity contribution in [2.24, 2.45) is 11.8 Å². The van der Waals surface area contributed by atoms with Crippen molar-refractivity contribution in [3.63, 3.8) is 0 Å². The Morgan fingerprint density at radius 2 is 1.66 bits per heavy atom. The third-order valence-corrected chi connectivity index (χ3v) is 10.2. The van der Waals surface area contributed by atoms with Crippen LogP contribution in [0.25, 0.3) is 0 Å². The number of carbonyl (C=O) groups excluding carboxylic acids is 2. The number of allylic oxidation sites excluding steroid dienone is 8. The van der Waals surface area contributed by atoms with Crippen molar-refractivity contribution >= 4 is 11.6 Å². The highest BCUT2D eigenvalue weighted by atomic mass is 16.6. The maximum Gasteiger partial charge on any atom is 0.181 e. The van der Waals surface area contributed by atoms with E-state index in [1.807, 2.05) is 71.9 Å². The number of phenolic OH excluding ortho intramolecular Hbond substituents is 2. The first kappa shape index (κ1) is 32.0. The van der Waals surface area contributed by atoms with Gasteiger partial charge in [0.15, 0.2) is 17.2 Å². The predicted octanol–water partition coefficient (Wildman–Crippen LogP) is 8.20. The minimum atomic E-state index is -1.18. The molecule has 236 valence electrons. The van der Waals surface area contributed by atoms with Crippen LogP contribution in [0.1, 0.15) is 109 Å². The molecule has 6 heteroatoms. The molecule has 6 nitrogen and oxygen atoms in total. The zero-order valence-electron chi connectivity index (χ0n) is 27.6. The second-order valence-corrected chi connectivity index (χ2v) is 14.3. The van der Waals surface area contributed by atoms with Crippen LogP contribution in [-0.4, -0.2) is 38.6 Å². The van der Waals surface area contributed by atoms with Crippen molar-refractivity contribution in [2.45, 2.75) is 117 Å². The van der Waals surface area contributed by atoms with E-state index >= 15 is 0 Å². The smallest absolute Gasteiger partial charge is 0.181 e. The molecule has 2 N–H and O–H groups in total. The third-order valence-electron chi connectivity index (χ3n) is 10.2. The Morgan fingerprint density at radius 1 is 0.977 bits per heavy atom. The van der Waals surface area contributed by atoms with Crippen LogP contribution in [0.5, 0.6) is 17.2 Å². The lowest BCUT2D eigenvalue weighted by Crippen LogP contribution is -2.67. The van der Waals surface area contributed by atoms with Crippen molar-refractivity contribution in [2.75, 3.05) is 0 Å². The Labute approximate surface area is 262 Å². The fourth-order valence-corrected chi connectivity index (χ4v) is 7.86. The van der Waals surface area contributed by atoms with Crippen LogP contribution < -0.4 is 4.74 Å². The number of fused-ring (bicyclic) bond motifs is 1. The maximum atomic E-state index is 14.7. The van der Waals surface area contributed by atoms with Gasteiger partial charge in [0.2, 0.25) is 0 Å². The van der Waals surface area contributed by atoms with Gasteiger partial charge in [0.25, 0.3) is 0 Å². The van der Waals surface area contributed by atoms with Gasteiger partial charge in [-0.05, 0) is 99.5 Å². The Bertz CT molecular complexity index is 1540. The van der Waals surface area contributed by atoms with Gasteiger partial charge < -0.3 is 19.7 Å². The molecule has 0 aromatic heterocycles. The molecule has 2 heterocycles. The molecule has 44 heavy (non-hydrogen) atoms. The highest BCUT2D eigenvalue weighted by Gasteiger charge is 2.75. The van der Waals surface area contributed by atoms with E-state index in [0.717, 1.165) is 24.0 Å². The molecule has 1 saturated heterocycles. The normalized spacial score (nSPS) is 28.5. The molecular formula is C38H48O6. The lowest BCUT2D eigenvalue weighted by atomic mass is 9.56. The summed E-state index contributed by atoms with van der Waals surface area (Å²) in [4.78, 5) is 28.0. The first-order chi connectivity index (χ1) is 20.6. The fourth-order valence-electron chi connectivity index (χ4n) is 7.86. The van der Waals surface area contributed by atoms with E-state index in [4.69, 9.17) is 9.47 Å². The number of aromatic hydroxyl groups is 2. The number of phenols is 2. The molecule has 1 aromatic rings. The van der Waals surface area contributed by atoms with E-state index in [2.05, 4.69) is 19.9 Å². The Morgan fingerprint density at radius 3 is 2.32 bits per heavy atom. The van der Waals surface area contributed by atoms with E-state index < -0.39 is 22.7 Å². The van der Waals surface area contributed by atoms with Crippen molar-refractivity contribution < 1.29 is 29.3 Å². The number of hydrogen-bond donors (Lipinski definition) is 2. The SMILES string of the molecule is CC(C)=CCC/C(C)=C/Cc1c(O)c(CC=C(C)C)c2c(c1O)C(=O)C1C=CCC3C(C)(C)OC4(CC=C(C)C(=O)C4)C13O2. The molecule has 2 aliphatic heterocycles. The molecule has 4 atom stereocenters. The van der Waals surface area contributed by atoms with Gasteiger partial charge in [0, 0.05) is 23.5 Å². The van der Waals surface area contributed by atoms with Crippen LogP contribution in [0.3, 0.4) is 0 Å². The van der Waals surface area contributed by atoms with Crippen LogP contribution in [-0.2, 0) is 22.4 Å². The summed E-state index contributed by atoms with van der Waals surface area (Å²) in [5.41, 5.74) is 2.15. The number of rotatable bonds is 7. The summed E-state index contributed by atoms with van der Waals surface area (Å²) in [6, 6.07) is 0. The lowest BCUT2D eigenvalue weighted by Gasteiger charge is -2.54. The van der Waals surface area contributed by atoms with Gasteiger partial charge >= 0.3 is 0 Å². The predicted molar refractivity (Wildman–Crippen MR) is 173 cm³/mol. The van der Waals surface area contributed by atoms with Crippen LogP contribution in [0, 0.1) is 11.8 Å². The second kappa shape index (κ2) is 11.5. The molecule has 4 unspecified atom stereocenters. The van der Waals surface area contributed by atoms with Crippen LogP contribution in [0.4, 0.5) is 0 Å². The largest absolute Gasteiger partial charge is 0.507 e. The van der Waals surface area contributed by atoms with E-state index in [0.29, 0.717) is 36.0 Å². The zero-order valence-corrected chi connectivity index (χ0v) is 27.6. The average molecular weight is 601 g/mol. The molecule has 2 spiro atoms. The molecule has 0 radical (unpaired) electrons. The van der Waals surface area contributed by atoms with E-state index in [9.17, 15) is 19.8 Å². The summed E-state index contributed by atoms with van der Waals surface area (Å²) in [6.45, 7) is 16.0. The van der Waals surface area contributed by atoms with Crippen molar-refractivity contribution in [3.05, 3.63) is 75.4 Å². The molecular weight excluding hydrogens is 552 g/mol. The van der Waals surface area contributed by atoms with Crippen LogP contribution in [0.15, 0.2) is 58.7 Å². The van der Waals surface area contributed by atoms with Crippen molar-refractivity contribution in [1.29, 1.82) is 0 Å². The summed E-state index contributed by atoms with van der Waals surface area (Å²) >= 11 is 0. The van der Waals surface area contributed by atoms with Crippen molar-refractivity contribution in [1.82, 2.24) is 0 Å². The number of hydrogen-bond acceptors (Lipinski definition) is 6. The zero-order chi connectivity index (χ0) is 32.2. The van der Waals surface area contributed by atoms with Gasteiger partial charge in [0.05, 0.1) is 11.5 Å². The molecule has 4 aliphatic rings. The average Bonchev–Trinajstić information content (AvgIpc) is 3.12. The lowest BCUT2D eigenvalue weighted by molar-refractivity contribution is -0.162. The highest BCUT2D eigenvalue weighted by molar-refractivity contribution is 6.07. The number of ketones is 2. The summed E-state index contributed by atoms with van der Waals surface area (Å²) in [6.07, 6.45) is 15.6. The minimum Gasteiger partial charge on any atom is -0.507 e. The highest BCUT2D eigenvalue weighted by Crippen LogP contribution is 2.65. The van der Waals surface area contributed by atoms with Gasteiger partial charge in [-0.1, -0.05) is 53.2 Å². The number of Topliss-reactive ketones (excluding diaryl/α,β-unsaturated/α-hetero) is 2. The molecule has 5 rings (SSSR count). The number of carbonyl (C=O) groups is 2. The maximum absolute atomic E-state index is 14.7. The van der Waals surface area contributed by atoms with Gasteiger partial charge in [-0.15, -0.1) is 0 Å². The molecule has 0 amide bonds. The summed E-state index contributed by atoms with van der Waals surface area (Å²) in [7, 11) is 0. The molecule has 2 aliphatic carbocycles. The third kappa shape index (κ3) is 5.09. The summed E-state index contributed by atoms with van der Waals surface area (Å²) in [5.74, 6) is -1.33. The Kier molecular flexibility index (Phi) is 8.39. The summed E-state index contributed by atoms with van der Waals surface area (Å²) in [5, 5.41) is 23.5. The van der Waals surface area contributed by atoms with E-state index in [-0.39, 0.29) is 53.1 Å². The first-order valence-corrected chi connectivity index (χ1v) is 16.0. The second-order valence-electron chi connectivity index (χ2n) is 14.3. The quantitative estimate of drug-likeness (QED) is 0.307. The fraction of sp³-hybridized carbons (Fsp3) is 0.526. The van der Waals surface area contributed by atoms with Crippen molar-refractivity contribution in [3.8, 4) is 17.2 Å². The number of ether oxygens (including phenoxy) is 2. The van der Waals surface area contributed by atoms with Gasteiger partial charge in [-0.25, -0.2) is 0 Å². The van der Waals surface area contributed by atoms with E-state index in [1.54, 1.807) is 0 Å². The first-order valence-electron chi connectivity index (χ1n) is 16.0. The molecule has 0 saturated carbocycles. The molecule has 0 bridgehead atoms. The Hall–Kier alpha value is -3.38.